The van der Waals surface area contributed by atoms with Crippen molar-refractivity contribution in [2.75, 3.05) is 34.2 Å². The van der Waals surface area contributed by atoms with Crippen LogP contribution in [-0.4, -0.2) is 61.9 Å². The number of likely N-dealkylation sites (tertiary alicyclic amines) is 1. The van der Waals surface area contributed by atoms with Crippen LogP contribution < -0.4 is 10.6 Å². The Balaban J connectivity index is 2.30. The lowest BCUT2D eigenvalue weighted by molar-refractivity contribution is 0.234. The van der Waals surface area contributed by atoms with Crippen LogP contribution in [0.4, 0.5) is 0 Å². The van der Waals surface area contributed by atoms with Crippen molar-refractivity contribution in [3.63, 3.8) is 0 Å². The van der Waals surface area contributed by atoms with Gasteiger partial charge in [-0.1, -0.05) is 24.8 Å². The normalized spacial score (nSPS) is 16.9. The number of phenolic OH excluding ortho intramolecular Hbond substituents is 1. The van der Waals surface area contributed by atoms with Crippen molar-refractivity contribution in [1.82, 2.24) is 20.4 Å². The summed E-state index contributed by atoms with van der Waals surface area (Å²) in [7, 11) is 5.96. The molecule has 0 unspecified atom stereocenters. The van der Waals surface area contributed by atoms with Crippen LogP contribution in [0.25, 0.3) is 0 Å². The standard InChI is InChI=1S/C22H33N5O/c1-6-19(23-2)22(24-3)27(5)21(25-18-13-15-26(4)16-14-18)12-11-17-9-7-8-10-20(17)28/h6-10,12,18,23,25,28H,1,3,11,13-16H2,2,4-5H3/b21-12-,22-19+. The van der Waals surface area contributed by atoms with E-state index < -0.39 is 0 Å². The monoisotopic (exact) mass is 383 g/mol. The van der Waals surface area contributed by atoms with Crippen molar-refractivity contribution in [3.05, 3.63) is 65.9 Å². The van der Waals surface area contributed by atoms with Gasteiger partial charge in [-0.15, -0.1) is 0 Å². The van der Waals surface area contributed by atoms with Crippen LogP contribution in [-0.2, 0) is 6.42 Å². The van der Waals surface area contributed by atoms with Crippen molar-refractivity contribution < 1.29 is 5.11 Å². The van der Waals surface area contributed by atoms with Gasteiger partial charge in [0.2, 0.25) is 0 Å². The number of rotatable bonds is 9. The van der Waals surface area contributed by atoms with Gasteiger partial charge >= 0.3 is 0 Å². The zero-order valence-corrected chi connectivity index (χ0v) is 17.3. The van der Waals surface area contributed by atoms with E-state index in [4.69, 9.17) is 0 Å². The maximum absolute atomic E-state index is 10.1. The number of likely N-dealkylation sites (N-methyl/N-ethyl adjacent to an activating group) is 1. The van der Waals surface area contributed by atoms with Gasteiger partial charge in [-0.3, -0.25) is 0 Å². The minimum Gasteiger partial charge on any atom is -0.508 e. The van der Waals surface area contributed by atoms with Crippen molar-refractivity contribution in [3.8, 4) is 5.75 Å². The predicted molar refractivity (Wildman–Crippen MR) is 117 cm³/mol. The average Bonchev–Trinajstić information content (AvgIpc) is 2.71. The third-order valence-electron chi connectivity index (χ3n) is 5.12. The lowest BCUT2D eigenvalue weighted by atomic mass is 10.1. The van der Waals surface area contributed by atoms with Gasteiger partial charge in [-0.2, -0.15) is 0 Å². The number of hydrogen-bond acceptors (Lipinski definition) is 6. The number of phenols is 1. The van der Waals surface area contributed by atoms with Gasteiger partial charge in [0.25, 0.3) is 0 Å². The van der Waals surface area contributed by atoms with Crippen molar-refractivity contribution in [1.29, 1.82) is 0 Å². The summed E-state index contributed by atoms with van der Waals surface area (Å²) in [6, 6.07) is 7.80. The molecule has 0 atom stereocenters. The molecule has 1 saturated heterocycles. The van der Waals surface area contributed by atoms with E-state index in [2.05, 4.69) is 46.9 Å². The zero-order chi connectivity index (χ0) is 20.5. The fourth-order valence-corrected chi connectivity index (χ4v) is 3.34. The van der Waals surface area contributed by atoms with Crippen LogP contribution in [0.3, 0.4) is 0 Å². The number of piperidine rings is 1. The first-order valence-electron chi connectivity index (χ1n) is 9.67. The molecule has 2 rings (SSSR count). The number of hydrogen-bond donors (Lipinski definition) is 3. The van der Waals surface area contributed by atoms with Gasteiger partial charge in [-0.25, -0.2) is 4.99 Å². The molecule has 152 valence electrons. The third kappa shape index (κ3) is 5.63. The summed E-state index contributed by atoms with van der Waals surface area (Å²) in [5.41, 5.74) is 1.68. The van der Waals surface area contributed by atoms with Gasteiger partial charge in [0.1, 0.15) is 11.6 Å². The summed E-state index contributed by atoms with van der Waals surface area (Å²) in [6.07, 6.45) is 6.60. The quantitative estimate of drug-likeness (QED) is 0.452. The number of para-hydroxylation sites is 1. The Hall–Kier alpha value is -2.73. The average molecular weight is 384 g/mol. The number of aromatic hydroxyl groups is 1. The Kier molecular flexibility index (Phi) is 8.14. The minimum atomic E-state index is 0.305. The summed E-state index contributed by atoms with van der Waals surface area (Å²) in [6.45, 7) is 9.74. The highest BCUT2D eigenvalue weighted by Gasteiger charge is 2.20. The molecule has 1 aliphatic rings. The maximum atomic E-state index is 10.1. The Morgan fingerprint density at radius 1 is 1.36 bits per heavy atom. The highest BCUT2D eigenvalue weighted by molar-refractivity contribution is 5.36. The summed E-state index contributed by atoms with van der Waals surface area (Å²) >= 11 is 0. The molecule has 1 fully saturated rings. The molecule has 0 saturated carbocycles. The highest BCUT2D eigenvalue weighted by Crippen LogP contribution is 2.20. The molecule has 1 aromatic rings. The first-order chi connectivity index (χ1) is 13.5. The first kappa shape index (κ1) is 21.6. The Morgan fingerprint density at radius 2 is 2.04 bits per heavy atom. The first-order valence-corrected chi connectivity index (χ1v) is 9.67. The van der Waals surface area contributed by atoms with E-state index in [0.29, 0.717) is 24.0 Å². The minimum absolute atomic E-state index is 0.305. The Labute approximate surface area is 169 Å². The molecular formula is C22H33N5O. The molecule has 0 aromatic heterocycles. The summed E-state index contributed by atoms with van der Waals surface area (Å²) in [5, 5.41) is 16.9. The third-order valence-corrected chi connectivity index (χ3v) is 5.12. The molecule has 28 heavy (non-hydrogen) atoms. The SMILES string of the molecule is C=C/C(NC)=C(/N=C)N(C)/C(=C\Cc1ccccc1O)NC1CCN(C)CC1. The number of aliphatic imine (C=N–C) groups is 1. The molecule has 1 heterocycles. The van der Waals surface area contributed by atoms with Crippen molar-refractivity contribution >= 4 is 6.72 Å². The second-order valence-corrected chi connectivity index (χ2v) is 7.05. The molecule has 1 aromatic carbocycles. The van der Waals surface area contributed by atoms with Crippen LogP contribution in [0.1, 0.15) is 18.4 Å². The van der Waals surface area contributed by atoms with Crippen molar-refractivity contribution in [2.45, 2.75) is 25.3 Å². The van der Waals surface area contributed by atoms with E-state index >= 15 is 0 Å². The largest absolute Gasteiger partial charge is 0.508 e. The summed E-state index contributed by atoms with van der Waals surface area (Å²) in [4.78, 5) is 8.54. The predicted octanol–water partition coefficient (Wildman–Crippen LogP) is 2.67. The molecule has 0 amide bonds. The van der Waals surface area contributed by atoms with Crippen LogP contribution >= 0.6 is 0 Å². The van der Waals surface area contributed by atoms with Crippen LogP contribution in [0.15, 0.2) is 65.3 Å². The molecule has 6 nitrogen and oxygen atoms in total. The molecule has 1 aliphatic heterocycles. The zero-order valence-electron chi connectivity index (χ0n) is 17.3. The number of benzene rings is 1. The van der Waals surface area contributed by atoms with E-state index in [9.17, 15) is 5.11 Å². The lowest BCUT2D eigenvalue weighted by Gasteiger charge is -2.34. The van der Waals surface area contributed by atoms with Gasteiger partial charge in [-0.05, 0) is 69.9 Å². The summed E-state index contributed by atoms with van der Waals surface area (Å²) in [5.74, 6) is 1.94. The molecular weight excluding hydrogens is 350 g/mol. The highest BCUT2D eigenvalue weighted by atomic mass is 16.3. The van der Waals surface area contributed by atoms with Gasteiger partial charge in [0.05, 0.1) is 5.70 Å². The fourth-order valence-electron chi connectivity index (χ4n) is 3.34. The van der Waals surface area contributed by atoms with E-state index in [1.807, 2.05) is 37.2 Å². The fraction of sp³-hybridized carbons (Fsp3) is 0.409. The molecule has 0 bridgehead atoms. The second-order valence-electron chi connectivity index (χ2n) is 7.05. The Morgan fingerprint density at radius 3 is 2.61 bits per heavy atom. The number of nitrogens with zero attached hydrogens (tertiary/aromatic N) is 3. The van der Waals surface area contributed by atoms with Crippen LogP contribution in [0, 0.1) is 0 Å². The molecule has 6 heteroatoms. The maximum Gasteiger partial charge on any atom is 0.156 e. The number of allylic oxidation sites excluding steroid dienone is 2. The second kappa shape index (κ2) is 10.6. The summed E-state index contributed by atoms with van der Waals surface area (Å²) < 4.78 is 0. The van der Waals surface area contributed by atoms with E-state index in [1.54, 1.807) is 12.1 Å². The molecule has 0 spiro atoms. The van der Waals surface area contributed by atoms with Gasteiger partial charge < -0.3 is 25.5 Å². The van der Waals surface area contributed by atoms with Crippen LogP contribution in [0.5, 0.6) is 5.75 Å². The van der Waals surface area contributed by atoms with E-state index in [1.165, 1.54) is 0 Å². The molecule has 0 radical (unpaired) electrons. The molecule has 3 N–H and O–H groups in total. The van der Waals surface area contributed by atoms with Crippen LogP contribution in [0.2, 0.25) is 0 Å². The van der Waals surface area contributed by atoms with E-state index in [0.717, 1.165) is 43.0 Å². The van der Waals surface area contributed by atoms with E-state index in [-0.39, 0.29) is 0 Å². The van der Waals surface area contributed by atoms with Gasteiger partial charge in [0, 0.05) is 20.1 Å². The molecule has 0 aliphatic carbocycles. The Bertz CT molecular complexity index is 732. The number of nitrogens with one attached hydrogen (secondary N) is 2. The van der Waals surface area contributed by atoms with Crippen molar-refractivity contribution in [2.24, 2.45) is 4.99 Å². The smallest absolute Gasteiger partial charge is 0.156 e. The topological polar surface area (TPSA) is 63.1 Å². The lowest BCUT2D eigenvalue weighted by Crippen LogP contribution is -2.43. The van der Waals surface area contributed by atoms with Gasteiger partial charge in [0.15, 0.2) is 5.82 Å².